The van der Waals surface area contributed by atoms with Gasteiger partial charge in [-0.2, -0.15) is 15.0 Å². The number of methoxy groups -OCH3 is 1. The van der Waals surface area contributed by atoms with E-state index in [1.165, 1.54) is 4.57 Å². The topological polar surface area (TPSA) is 141 Å². The first-order valence-corrected chi connectivity index (χ1v) is 10.8. The smallest absolute Gasteiger partial charge is 0.320 e. The second kappa shape index (κ2) is 10.5. The van der Waals surface area contributed by atoms with Crippen LogP contribution in [0.3, 0.4) is 0 Å². The predicted octanol–water partition coefficient (Wildman–Crippen LogP) is 2.07. The Hall–Kier alpha value is -3.11. The number of aliphatic hydroxyl groups is 1. The molecule has 0 saturated heterocycles. The van der Waals surface area contributed by atoms with Gasteiger partial charge in [-0.1, -0.05) is 32.4 Å². The van der Waals surface area contributed by atoms with Crippen molar-refractivity contribution in [2.24, 2.45) is 5.92 Å². The van der Waals surface area contributed by atoms with Crippen LogP contribution >= 0.6 is 0 Å². The summed E-state index contributed by atoms with van der Waals surface area (Å²) in [5.41, 5.74) is 8.52. The van der Waals surface area contributed by atoms with Gasteiger partial charge in [0.1, 0.15) is 5.75 Å². The van der Waals surface area contributed by atoms with Crippen molar-refractivity contribution < 1.29 is 19.7 Å². The molecule has 10 heteroatoms. The quantitative estimate of drug-likeness (QED) is 0.350. The van der Waals surface area contributed by atoms with E-state index < -0.39 is 0 Å². The summed E-state index contributed by atoms with van der Waals surface area (Å²) in [4.78, 5) is 12.5. The Balaban J connectivity index is 1.86. The van der Waals surface area contributed by atoms with Crippen LogP contribution in [0, 0.1) is 5.92 Å². The lowest BCUT2D eigenvalue weighted by Gasteiger charge is -2.22. The van der Waals surface area contributed by atoms with Crippen LogP contribution in [0.25, 0.3) is 11.2 Å². The third kappa shape index (κ3) is 5.03. The Morgan fingerprint density at radius 3 is 2.66 bits per heavy atom. The summed E-state index contributed by atoms with van der Waals surface area (Å²) in [5.74, 6) is 1.18. The molecule has 0 saturated carbocycles. The highest BCUT2D eigenvalue weighted by molar-refractivity contribution is 5.83. The summed E-state index contributed by atoms with van der Waals surface area (Å²) in [5, 5.41) is 23.5. The Morgan fingerprint density at radius 2 is 2.00 bits per heavy atom. The number of ether oxygens (including phenoxy) is 2. The van der Waals surface area contributed by atoms with E-state index in [1.807, 2.05) is 25.1 Å². The fourth-order valence-electron chi connectivity index (χ4n) is 3.51. The number of anilines is 1. The fourth-order valence-corrected chi connectivity index (χ4v) is 3.51. The highest BCUT2D eigenvalue weighted by atomic mass is 16.5. The number of aliphatic hydroxyl groups excluding tert-OH is 1. The Morgan fingerprint density at radius 1 is 1.22 bits per heavy atom. The summed E-state index contributed by atoms with van der Waals surface area (Å²) in [7, 11) is 1.60. The molecule has 0 aliphatic carbocycles. The zero-order chi connectivity index (χ0) is 23.3. The molecule has 2 aromatic heterocycles. The van der Waals surface area contributed by atoms with E-state index >= 15 is 0 Å². The molecule has 0 aliphatic rings. The number of nitrogens with zero attached hydrogens (tertiary/aromatic N) is 4. The number of benzene rings is 1. The SMILES string of the molecule is CCOc1nc(N)c2nc(O)n(Cc3ccc(CN[C@H](CO)[C@@H](C)CC)cc3OC)c2n1. The molecule has 1 aromatic carbocycles. The molecular weight excluding hydrogens is 412 g/mol. The van der Waals surface area contributed by atoms with Gasteiger partial charge in [0.05, 0.1) is 26.9 Å². The van der Waals surface area contributed by atoms with E-state index in [0.29, 0.717) is 36.0 Å². The van der Waals surface area contributed by atoms with E-state index in [-0.39, 0.29) is 37.0 Å². The molecule has 5 N–H and O–H groups in total. The standard InChI is InChI=1S/C22H32N6O4/c1-5-13(3)16(12-29)24-10-14-7-8-15(17(9-14)31-4)11-28-20-18(25-22(28)30)19(23)26-21(27-20)32-6-2/h7-9,13,16,24,29H,5-6,10-12H2,1-4H3,(H,25,30)(H2,23,26,27)/t13-,16+/m0/s1. The Labute approximate surface area is 187 Å². The van der Waals surface area contributed by atoms with Gasteiger partial charge in [0.25, 0.3) is 6.01 Å². The maximum atomic E-state index is 10.4. The van der Waals surface area contributed by atoms with Gasteiger partial charge >= 0.3 is 6.01 Å². The monoisotopic (exact) mass is 444 g/mol. The van der Waals surface area contributed by atoms with E-state index in [1.54, 1.807) is 7.11 Å². The van der Waals surface area contributed by atoms with Crippen LogP contribution in [-0.4, -0.2) is 56.1 Å². The van der Waals surface area contributed by atoms with Crippen LogP contribution in [0.2, 0.25) is 0 Å². The summed E-state index contributed by atoms with van der Waals surface area (Å²) >= 11 is 0. The largest absolute Gasteiger partial charge is 0.496 e. The van der Waals surface area contributed by atoms with Crippen molar-refractivity contribution in [1.82, 2.24) is 24.8 Å². The van der Waals surface area contributed by atoms with Crippen LogP contribution < -0.4 is 20.5 Å². The first-order chi connectivity index (χ1) is 15.4. The normalized spacial score (nSPS) is 13.3. The number of aromatic hydroxyl groups is 1. The van der Waals surface area contributed by atoms with Crippen molar-refractivity contribution >= 4 is 17.0 Å². The van der Waals surface area contributed by atoms with E-state index in [4.69, 9.17) is 15.2 Å². The number of fused-ring (bicyclic) bond motifs is 1. The maximum absolute atomic E-state index is 10.4. The minimum Gasteiger partial charge on any atom is -0.496 e. The van der Waals surface area contributed by atoms with Crippen LogP contribution in [0.1, 0.15) is 38.3 Å². The zero-order valence-corrected chi connectivity index (χ0v) is 19.0. The maximum Gasteiger partial charge on any atom is 0.320 e. The summed E-state index contributed by atoms with van der Waals surface area (Å²) in [6.45, 7) is 7.41. The highest BCUT2D eigenvalue weighted by Gasteiger charge is 2.19. The lowest BCUT2D eigenvalue weighted by Crippen LogP contribution is -2.37. The molecule has 0 spiro atoms. The van der Waals surface area contributed by atoms with E-state index in [2.05, 4.69) is 34.1 Å². The minimum absolute atomic E-state index is 0.0320. The lowest BCUT2D eigenvalue weighted by atomic mass is 9.99. The molecule has 0 aliphatic heterocycles. The minimum atomic E-state index is -0.221. The average Bonchev–Trinajstić information content (AvgIpc) is 3.10. The van der Waals surface area contributed by atoms with Crippen molar-refractivity contribution in [2.45, 2.75) is 46.3 Å². The summed E-state index contributed by atoms with van der Waals surface area (Å²) < 4.78 is 12.5. The number of aromatic nitrogens is 4. The van der Waals surface area contributed by atoms with Crippen molar-refractivity contribution in [3.63, 3.8) is 0 Å². The number of hydrogen-bond acceptors (Lipinski definition) is 9. The molecule has 3 aromatic rings. The van der Waals surface area contributed by atoms with Crippen molar-refractivity contribution in [1.29, 1.82) is 0 Å². The predicted molar refractivity (Wildman–Crippen MR) is 122 cm³/mol. The van der Waals surface area contributed by atoms with Gasteiger partial charge in [0.15, 0.2) is 17.0 Å². The first kappa shape index (κ1) is 23.6. The molecule has 174 valence electrons. The van der Waals surface area contributed by atoms with Crippen LogP contribution in [0.15, 0.2) is 18.2 Å². The molecule has 32 heavy (non-hydrogen) atoms. The van der Waals surface area contributed by atoms with E-state index in [0.717, 1.165) is 17.5 Å². The highest BCUT2D eigenvalue weighted by Crippen LogP contribution is 2.28. The number of nitrogen functional groups attached to an aromatic ring is 1. The first-order valence-electron chi connectivity index (χ1n) is 10.8. The van der Waals surface area contributed by atoms with Gasteiger partial charge in [0.2, 0.25) is 0 Å². The number of rotatable bonds is 11. The van der Waals surface area contributed by atoms with Gasteiger partial charge in [-0.05, 0) is 24.5 Å². The van der Waals surface area contributed by atoms with Crippen LogP contribution in [-0.2, 0) is 13.1 Å². The van der Waals surface area contributed by atoms with Gasteiger partial charge < -0.3 is 30.7 Å². The second-order valence-electron chi connectivity index (χ2n) is 7.70. The van der Waals surface area contributed by atoms with Crippen molar-refractivity contribution in [3.05, 3.63) is 29.3 Å². The number of nitrogens with one attached hydrogen (secondary N) is 1. The molecule has 0 fully saturated rings. The van der Waals surface area contributed by atoms with Crippen molar-refractivity contribution in [3.8, 4) is 17.8 Å². The molecule has 10 nitrogen and oxygen atoms in total. The van der Waals surface area contributed by atoms with Crippen LogP contribution in [0.5, 0.6) is 17.8 Å². The second-order valence-corrected chi connectivity index (χ2v) is 7.70. The summed E-state index contributed by atoms with van der Waals surface area (Å²) in [6, 6.07) is 5.81. The molecule has 0 bridgehead atoms. The third-order valence-corrected chi connectivity index (χ3v) is 5.63. The molecular formula is C22H32N6O4. The third-order valence-electron chi connectivity index (χ3n) is 5.63. The molecule has 0 unspecified atom stereocenters. The van der Waals surface area contributed by atoms with Gasteiger partial charge in [-0.3, -0.25) is 4.57 Å². The average molecular weight is 445 g/mol. The number of imidazole rings is 1. The van der Waals surface area contributed by atoms with E-state index in [9.17, 15) is 10.2 Å². The molecule has 0 amide bonds. The molecule has 2 atom stereocenters. The fraction of sp³-hybridized carbons (Fsp3) is 0.500. The number of nitrogens with two attached hydrogens (primary N) is 1. The van der Waals surface area contributed by atoms with Crippen LogP contribution in [0.4, 0.5) is 5.82 Å². The summed E-state index contributed by atoms with van der Waals surface area (Å²) in [6.07, 6.45) is 0.988. The Bertz CT molecular complexity index is 1050. The van der Waals surface area contributed by atoms with Gasteiger partial charge in [-0.15, -0.1) is 0 Å². The van der Waals surface area contributed by atoms with Gasteiger partial charge in [-0.25, -0.2) is 0 Å². The van der Waals surface area contributed by atoms with Crippen molar-refractivity contribution in [2.75, 3.05) is 26.1 Å². The Kier molecular flexibility index (Phi) is 7.70. The lowest BCUT2D eigenvalue weighted by molar-refractivity contribution is 0.201. The molecule has 2 heterocycles. The molecule has 0 radical (unpaired) electrons. The molecule has 3 rings (SSSR count). The number of hydrogen-bond donors (Lipinski definition) is 4. The zero-order valence-electron chi connectivity index (χ0n) is 19.0. The van der Waals surface area contributed by atoms with Gasteiger partial charge in [0, 0.05) is 18.2 Å².